The molecule has 0 aliphatic rings. The highest BCUT2D eigenvalue weighted by atomic mass is 19.1. The van der Waals surface area contributed by atoms with Crippen molar-refractivity contribution in [2.45, 2.75) is 25.7 Å². The summed E-state index contributed by atoms with van der Waals surface area (Å²) in [6.45, 7) is 4.47. The zero-order valence-electron chi connectivity index (χ0n) is 10.3. The van der Waals surface area contributed by atoms with Gasteiger partial charge in [-0.2, -0.15) is 0 Å². The summed E-state index contributed by atoms with van der Waals surface area (Å²) in [6.07, 6.45) is 0.721. The third-order valence-corrected chi connectivity index (χ3v) is 2.78. The summed E-state index contributed by atoms with van der Waals surface area (Å²) in [5.41, 5.74) is 4.88. The molecule has 0 aliphatic heterocycles. The van der Waals surface area contributed by atoms with Gasteiger partial charge in [0.1, 0.15) is 5.82 Å². The summed E-state index contributed by atoms with van der Waals surface area (Å²) in [6, 6.07) is 6.34. The average molecular weight is 238 g/mol. The van der Waals surface area contributed by atoms with E-state index in [0.717, 1.165) is 6.42 Å². The van der Waals surface area contributed by atoms with Crippen LogP contribution in [0.5, 0.6) is 0 Å². The van der Waals surface area contributed by atoms with Crippen LogP contribution in [0.25, 0.3) is 0 Å². The van der Waals surface area contributed by atoms with Gasteiger partial charge in [-0.3, -0.25) is 4.79 Å². The lowest BCUT2D eigenvalue weighted by Gasteiger charge is -2.24. The Bertz CT molecular complexity index is 391. The van der Waals surface area contributed by atoms with Gasteiger partial charge in [-0.15, -0.1) is 0 Å². The number of halogens is 1. The first-order valence-corrected chi connectivity index (χ1v) is 5.73. The van der Waals surface area contributed by atoms with Crippen molar-refractivity contribution in [3.8, 4) is 0 Å². The van der Waals surface area contributed by atoms with Crippen molar-refractivity contribution in [1.82, 2.24) is 5.32 Å². The summed E-state index contributed by atoms with van der Waals surface area (Å²) < 4.78 is 13.6. The summed E-state index contributed by atoms with van der Waals surface area (Å²) in [7, 11) is 0. The Morgan fingerprint density at radius 1 is 1.41 bits per heavy atom. The molecule has 1 aromatic rings. The molecular weight excluding hydrogens is 219 g/mol. The molecular formula is C13H19FN2O. The minimum atomic E-state index is -0.875. The van der Waals surface area contributed by atoms with Crippen LogP contribution in [-0.4, -0.2) is 19.0 Å². The second kappa shape index (κ2) is 5.77. The van der Waals surface area contributed by atoms with Crippen molar-refractivity contribution in [3.63, 3.8) is 0 Å². The van der Waals surface area contributed by atoms with Crippen LogP contribution in [0.2, 0.25) is 0 Å². The van der Waals surface area contributed by atoms with Crippen molar-refractivity contribution >= 4 is 5.91 Å². The van der Waals surface area contributed by atoms with E-state index in [0.29, 0.717) is 18.7 Å². The van der Waals surface area contributed by atoms with Gasteiger partial charge < -0.3 is 11.1 Å². The molecule has 0 spiro atoms. The van der Waals surface area contributed by atoms with Crippen molar-refractivity contribution in [2.24, 2.45) is 5.73 Å². The Labute approximate surface area is 101 Å². The molecule has 0 heterocycles. The zero-order valence-corrected chi connectivity index (χ0v) is 10.3. The van der Waals surface area contributed by atoms with E-state index in [1.807, 2.05) is 0 Å². The number of carbonyl (C=O) groups excluding carboxylic acids is 1. The molecule has 94 valence electrons. The lowest BCUT2D eigenvalue weighted by atomic mass is 9.83. The molecule has 17 heavy (non-hydrogen) atoms. The minimum absolute atomic E-state index is 0.184. The monoisotopic (exact) mass is 238 g/mol. The quantitative estimate of drug-likeness (QED) is 0.765. The SMILES string of the molecule is CC(C)(C(=O)NCCCN)c1ccccc1F. The van der Waals surface area contributed by atoms with Crippen LogP contribution >= 0.6 is 0 Å². The Morgan fingerprint density at radius 3 is 2.65 bits per heavy atom. The van der Waals surface area contributed by atoms with Crippen molar-refractivity contribution in [2.75, 3.05) is 13.1 Å². The maximum atomic E-state index is 13.6. The van der Waals surface area contributed by atoms with E-state index in [4.69, 9.17) is 5.73 Å². The van der Waals surface area contributed by atoms with Crippen LogP contribution in [-0.2, 0) is 10.2 Å². The molecule has 1 aromatic carbocycles. The highest BCUT2D eigenvalue weighted by Gasteiger charge is 2.31. The van der Waals surface area contributed by atoms with E-state index in [1.54, 1.807) is 32.0 Å². The molecule has 4 heteroatoms. The predicted molar refractivity (Wildman–Crippen MR) is 66.1 cm³/mol. The van der Waals surface area contributed by atoms with E-state index in [9.17, 15) is 9.18 Å². The number of hydrogen-bond donors (Lipinski definition) is 2. The molecule has 3 nitrogen and oxygen atoms in total. The van der Waals surface area contributed by atoms with Crippen molar-refractivity contribution in [1.29, 1.82) is 0 Å². The van der Waals surface area contributed by atoms with Crippen LogP contribution in [0.1, 0.15) is 25.8 Å². The molecule has 0 atom stereocenters. The van der Waals surface area contributed by atoms with Crippen LogP contribution < -0.4 is 11.1 Å². The number of benzene rings is 1. The summed E-state index contributed by atoms with van der Waals surface area (Å²) in [5.74, 6) is -0.539. The third kappa shape index (κ3) is 3.27. The molecule has 0 saturated heterocycles. The lowest BCUT2D eigenvalue weighted by Crippen LogP contribution is -2.41. The smallest absolute Gasteiger partial charge is 0.230 e. The topological polar surface area (TPSA) is 55.1 Å². The fraction of sp³-hybridized carbons (Fsp3) is 0.462. The van der Waals surface area contributed by atoms with Gasteiger partial charge in [0.05, 0.1) is 5.41 Å². The third-order valence-electron chi connectivity index (χ3n) is 2.78. The molecule has 1 amide bonds. The average Bonchev–Trinajstić information content (AvgIpc) is 2.29. The van der Waals surface area contributed by atoms with Gasteiger partial charge in [-0.25, -0.2) is 4.39 Å². The normalized spacial score (nSPS) is 11.3. The summed E-state index contributed by atoms with van der Waals surface area (Å²) in [5, 5.41) is 2.76. The highest BCUT2D eigenvalue weighted by molar-refractivity contribution is 5.87. The maximum absolute atomic E-state index is 13.6. The lowest BCUT2D eigenvalue weighted by molar-refractivity contribution is -0.125. The van der Waals surface area contributed by atoms with Gasteiger partial charge in [-0.05, 0) is 32.9 Å². The molecule has 0 aromatic heterocycles. The molecule has 0 fully saturated rings. The van der Waals surface area contributed by atoms with E-state index in [2.05, 4.69) is 5.32 Å². The van der Waals surface area contributed by atoms with Gasteiger partial charge in [0, 0.05) is 12.1 Å². The van der Waals surface area contributed by atoms with E-state index >= 15 is 0 Å². The fourth-order valence-corrected chi connectivity index (χ4v) is 1.62. The first-order chi connectivity index (χ1) is 8.00. The number of nitrogens with two attached hydrogens (primary N) is 1. The zero-order chi connectivity index (χ0) is 12.9. The minimum Gasteiger partial charge on any atom is -0.355 e. The van der Waals surface area contributed by atoms with Crippen molar-refractivity contribution < 1.29 is 9.18 Å². The van der Waals surface area contributed by atoms with Crippen molar-refractivity contribution in [3.05, 3.63) is 35.6 Å². The van der Waals surface area contributed by atoms with Gasteiger partial charge in [0.25, 0.3) is 0 Å². The van der Waals surface area contributed by atoms with Crippen LogP contribution in [0.4, 0.5) is 4.39 Å². The van der Waals surface area contributed by atoms with Gasteiger partial charge in [0.2, 0.25) is 5.91 Å². The highest BCUT2D eigenvalue weighted by Crippen LogP contribution is 2.25. The molecule has 3 N–H and O–H groups in total. The standard InChI is InChI=1S/C13H19FN2O/c1-13(2,12(17)16-9-5-8-15)10-6-3-4-7-11(10)14/h3-4,6-7H,5,8-9,15H2,1-2H3,(H,16,17). The van der Waals surface area contributed by atoms with E-state index < -0.39 is 5.41 Å². The van der Waals surface area contributed by atoms with Crippen LogP contribution in [0.3, 0.4) is 0 Å². The van der Waals surface area contributed by atoms with Crippen LogP contribution in [0.15, 0.2) is 24.3 Å². The Morgan fingerprint density at radius 2 is 2.06 bits per heavy atom. The molecule has 0 bridgehead atoms. The Balaban J connectivity index is 2.80. The number of amides is 1. The molecule has 0 radical (unpaired) electrons. The van der Waals surface area contributed by atoms with Gasteiger partial charge >= 0.3 is 0 Å². The molecule has 0 aliphatic carbocycles. The van der Waals surface area contributed by atoms with Gasteiger partial charge in [-0.1, -0.05) is 18.2 Å². The number of nitrogens with one attached hydrogen (secondary N) is 1. The predicted octanol–water partition coefficient (Wildman–Crippen LogP) is 1.57. The second-order valence-corrected chi connectivity index (χ2v) is 4.50. The number of rotatable bonds is 5. The first-order valence-electron chi connectivity index (χ1n) is 5.73. The second-order valence-electron chi connectivity index (χ2n) is 4.50. The largest absolute Gasteiger partial charge is 0.355 e. The molecule has 1 rings (SSSR count). The molecule has 0 unspecified atom stereocenters. The van der Waals surface area contributed by atoms with E-state index in [-0.39, 0.29) is 11.7 Å². The maximum Gasteiger partial charge on any atom is 0.230 e. The number of hydrogen-bond acceptors (Lipinski definition) is 2. The Hall–Kier alpha value is -1.42. The molecule has 0 saturated carbocycles. The summed E-state index contributed by atoms with van der Waals surface area (Å²) in [4.78, 5) is 12.0. The number of carbonyl (C=O) groups is 1. The first kappa shape index (κ1) is 13.6. The summed E-state index contributed by atoms with van der Waals surface area (Å²) >= 11 is 0. The van der Waals surface area contributed by atoms with Crippen LogP contribution in [0, 0.1) is 5.82 Å². The Kier molecular flexibility index (Phi) is 4.63. The van der Waals surface area contributed by atoms with Gasteiger partial charge in [0.15, 0.2) is 0 Å². The van der Waals surface area contributed by atoms with E-state index in [1.165, 1.54) is 6.07 Å². The fourth-order valence-electron chi connectivity index (χ4n) is 1.62.